The van der Waals surface area contributed by atoms with E-state index in [-0.39, 0.29) is 22.9 Å². The van der Waals surface area contributed by atoms with E-state index in [0.717, 1.165) is 5.56 Å². The van der Waals surface area contributed by atoms with Crippen molar-refractivity contribution in [1.29, 1.82) is 0 Å². The highest BCUT2D eigenvalue weighted by Gasteiger charge is 2.47. The van der Waals surface area contributed by atoms with Crippen LogP contribution in [-0.2, 0) is 15.0 Å². The number of carbonyl (C=O) groups is 2. The summed E-state index contributed by atoms with van der Waals surface area (Å²) >= 11 is 0. The first-order valence-electron chi connectivity index (χ1n) is 13.1. The highest BCUT2D eigenvalue weighted by atomic mass is 16.6. The number of rotatable bonds is 5. The summed E-state index contributed by atoms with van der Waals surface area (Å²) in [5.41, 5.74) is 2.67. The van der Waals surface area contributed by atoms with Crippen LogP contribution in [0.2, 0.25) is 0 Å². The molecule has 0 radical (unpaired) electrons. The molecule has 1 atom stereocenters. The molecule has 0 aromatic heterocycles. The first-order chi connectivity index (χ1) is 18.5. The van der Waals surface area contributed by atoms with Crippen LogP contribution in [-0.4, -0.2) is 36.1 Å². The SMILES string of the molecule is CC(C)Oc1ccc(N2C(=O)C(=O)/C(=C(\O)c3ccc4c(c3)OCCO4)C2c2ccc(C(C)(C)C)cc2)cc1. The number of carbonyl (C=O) groups excluding carboxylic acids is 2. The molecule has 0 saturated carbocycles. The van der Waals surface area contributed by atoms with Crippen molar-refractivity contribution in [3.8, 4) is 17.2 Å². The Morgan fingerprint density at radius 3 is 2.18 bits per heavy atom. The van der Waals surface area contributed by atoms with E-state index in [4.69, 9.17) is 14.2 Å². The lowest BCUT2D eigenvalue weighted by Gasteiger charge is -2.27. The summed E-state index contributed by atoms with van der Waals surface area (Å²) in [6, 6.07) is 19.0. The Morgan fingerprint density at radius 2 is 1.56 bits per heavy atom. The molecule has 3 aromatic carbocycles. The van der Waals surface area contributed by atoms with Crippen molar-refractivity contribution in [2.75, 3.05) is 18.1 Å². The Balaban J connectivity index is 1.64. The summed E-state index contributed by atoms with van der Waals surface area (Å²) in [5, 5.41) is 11.5. The number of hydrogen-bond acceptors (Lipinski definition) is 6. The minimum atomic E-state index is -0.830. The molecule has 0 spiro atoms. The molecule has 5 rings (SSSR count). The van der Waals surface area contributed by atoms with Gasteiger partial charge in [0, 0.05) is 11.3 Å². The Bertz CT molecular complexity index is 1430. The molecule has 3 aromatic rings. The van der Waals surface area contributed by atoms with E-state index in [0.29, 0.717) is 47.3 Å². The van der Waals surface area contributed by atoms with E-state index in [1.807, 2.05) is 38.1 Å². The van der Waals surface area contributed by atoms with Crippen LogP contribution in [0.3, 0.4) is 0 Å². The summed E-state index contributed by atoms with van der Waals surface area (Å²) < 4.78 is 17.0. The second kappa shape index (κ2) is 10.1. The van der Waals surface area contributed by atoms with Gasteiger partial charge in [-0.25, -0.2) is 0 Å². The lowest BCUT2D eigenvalue weighted by molar-refractivity contribution is -0.132. The number of ketones is 1. The summed E-state index contributed by atoms with van der Waals surface area (Å²) in [6.07, 6.45) is -0.00240. The summed E-state index contributed by atoms with van der Waals surface area (Å²) in [4.78, 5) is 28.5. The van der Waals surface area contributed by atoms with Crippen molar-refractivity contribution in [3.63, 3.8) is 0 Å². The molecule has 39 heavy (non-hydrogen) atoms. The zero-order valence-corrected chi connectivity index (χ0v) is 22.9. The number of aliphatic hydroxyl groups excluding tert-OH is 1. The van der Waals surface area contributed by atoms with Crippen LogP contribution in [0, 0.1) is 0 Å². The third-order valence-corrected chi connectivity index (χ3v) is 6.84. The van der Waals surface area contributed by atoms with Crippen LogP contribution >= 0.6 is 0 Å². The Hall–Kier alpha value is -4.26. The van der Waals surface area contributed by atoms with Crippen molar-refractivity contribution in [2.24, 2.45) is 0 Å². The normalized spacial score (nSPS) is 18.5. The molecule has 0 aliphatic carbocycles. The van der Waals surface area contributed by atoms with E-state index < -0.39 is 17.7 Å². The molecular weight excluding hydrogens is 494 g/mol. The van der Waals surface area contributed by atoms with E-state index in [1.54, 1.807) is 42.5 Å². The largest absolute Gasteiger partial charge is 0.507 e. The fourth-order valence-corrected chi connectivity index (χ4v) is 4.88. The number of aliphatic hydroxyl groups is 1. The third-order valence-electron chi connectivity index (χ3n) is 6.84. The highest BCUT2D eigenvalue weighted by molar-refractivity contribution is 6.51. The Kier molecular flexibility index (Phi) is 6.85. The number of hydrogen-bond donors (Lipinski definition) is 1. The molecule has 202 valence electrons. The second-order valence-corrected chi connectivity index (χ2v) is 11.1. The standard InChI is InChI=1S/C32H33NO6/c1-19(2)39-24-13-11-23(12-14-24)33-28(20-6-9-22(10-7-20)32(3,4)5)27(30(35)31(33)36)29(34)21-8-15-25-26(18-21)38-17-16-37-25/h6-15,18-19,28,34H,16-17H2,1-5H3/b29-27-. The van der Waals surface area contributed by atoms with Crippen LogP contribution in [0.15, 0.2) is 72.3 Å². The maximum atomic E-state index is 13.5. The van der Waals surface area contributed by atoms with E-state index in [1.165, 1.54) is 4.90 Å². The van der Waals surface area contributed by atoms with Crippen LogP contribution in [0.25, 0.3) is 5.76 Å². The topological polar surface area (TPSA) is 85.3 Å². The molecule has 1 saturated heterocycles. The molecule has 1 N–H and O–H groups in total. The number of ether oxygens (including phenoxy) is 3. The monoisotopic (exact) mass is 527 g/mol. The smallest absolute Gasteiger partial charge is 0.300 e. The molecule has 7 nitrogen and oxygen atoms in total. The number of amides is 1. The van der Waals surface area contributed by atoms with Gasteiger partial charge in [-0.3, -0.25) is 14.5 Å². The predicted octanol–water partition coefficient (Wildman–Crippen LogP) is 6.17. The fourth-order valence-electron chi connectivity index (χ4n) is 4.88. The molecule has 2 aliphatic rings. The van der Waals surface area contributed by atoms with E-state index in [9.17, 15) is 14.7 Å². The fraction of sp³-hybridized carbons (Fsp3) is 0.312. The number of Topliss-reactive ketones (excluding diaryl/α,β-unsaturated/α-hetero) is 1. The molecule has 1 fully saturated rings. The molecular formula is C32H33NO6. The summed E-state index contributed by atoms with van der Waals surface area (Å²) in [5.74, 6) is -0.0286. The lowest BCUT2D eigenvalue weighted by atomic mass is 9.85. The Morgan fingerprint density at radius 1 is 0.923 bits per heavy atom. The Labute approximate surface area is 228 Å². The van der Waals surface area contributed by atoms with Gasteiger partial charge in [0.2, 0.25) is 0 Å². The second-order valence-electron chi connectivity index (χ2n) is 11.1. The number of benzene rings is 3. The van der Waals surface area contributed by atoms with E-state index >= 15 is 0 Å². The van der Waals surface area contributed by atoms with Crippen LogP contribution in [0.4, 0.5) is 5.69 Å². The zero-order valence-electron chi connectivity index (χ0n) is 22.9. The molecule has 1 amide bonds. The van der Waals surface area contributed by atoms with Crippen molar-refractivity contribution in [1.82, 2.24) is 0 Å². The van der Waals surface area contributed by atoms with Gasteiger partial charge in [-0.05, 0) is 72.9 Å². The van der Waals surface area contributed by atoms with Gasteiger partial charge in [0.25, 0.3) is 11.7 Å². The van der Waals surface area contributed by atoms with Crippen LogP contribution < -0.4 is 19.1 Å². The maximum Gasteiger partial charge on any atom is 0.300 e. The molecule has 7 heteroatoms. The van der Waals surface area contributed by atoms with Crippen molar-refractivity contribution in [2.45, 2.75) is 52.2 Å². The molecule has 1 unspecified atom stereocenters. The van der Waals surface area contributed by atoms with Gasteiger partial charge < -0.3 is 19.3 Å². The van der Waals surface area contributed by atoms with Gasteiger partial charge >= 0.3 is 0 Å². The molecule has 0 bridgehead atoms. The average molecular weight is 528 g/mol. The summed E-state index contributed by atoms with van der Waals surface area (Å²) in [7, 11) is 0. The van der Waals surface area contributed by atoms with Gasteiger partial charge in [-0.1, -0.05) is 45.0 Å². The highest BCUT2D eigenvalue weighted by Crippen LogP contribution is 2.44. The van der Waals surface area contributed by atoms with Gasteiger partial charge in [-0.2, -0.15) is 0 Å². The van der Waals surface area contributed by atoms with Gasteiger partial charge in [-0.15, -0.1) is 0 Å². The van der Waals surface area contributed by atoms with Crippen LogP contribution in [0.1, 0.15) is 57.4 Å². The minimum absolute atomic E-state index is 0.00240. The quantitative estimate of drug-likeness (QED) is 0.243. The molecule has 2 heterocycles. The first-order valence-corrected chi connectivity index (χ1v) is 13.1. The number of anilines is 1. The number of nitrogens with zero attached hydrogens (tertiary/aromatic N) is 1. The minimum Gasteiger partial charge on any atom is -0.507 e. The van der Waals surface area contributed by atoms with Crippen molar-refractivity contribution < 1.29 is 28.9 Å². The number of fused-ring (bicyclic) bond motifs is 1. The predicted molar refractivity (Wildman–Crippen MR) is 150 cm³/mol. The van der Waals surface area contributed by atoms with Gasteiger partial charge in [0.1, 0.15) is 24.7 Å². The first kappa shape index (κ1) is 26.4. The third kappa shape index (κ3) is 5.09. The average Bonchev–Trinajstić information content (AvgIpc) is 3.18. The van der Waals surface area contributed by atoms with E-state index in [2.05, 4.69) is 20.8 Å². The maximum absolute atomic E-state index is 13.5. The van der Waals surface area contributed by atoms with Gasteiger partial charge in [0.05, 0.1) is 17.7 Å². The van der Waals surface area contributed by atoms with Crippen molar-refractivity contribution in [3.05, 3.63) is 89.0 Å². The molecule has 2 aliphatic heterocycles. The summed E-state index contributed by atoms with van der Waals surface area (Å²) in [6.45, 7) is 11.1. The lowest BCUT2D eigenvalue weighted by Crippen LogP contribution is -2.29. The van der Waals surface area contributed by atoms with Crippen molar-refractivity contribution >= 4 is 23.1 Å². The van der Waals surface area contributed by atoms with Crippen LogP contribution in [0.5, 0.6) is 17.2 Å². The van der Waals surface area contributed by atoms with Gasteiger partial charge in [0.15, 0.2) is 11.5 Å². The zero-order chi connectivity index (χ0) is 27.9.